The molecule has 2 amide bonds. The number of hydrogen-bond donors (Lipinski definition) is 0. The molecule has 0 N–H and O–H groups in total. The molecule has 0 bridgehead atoms. The summed E-state index contributed by atoms with van der Waals surface area (Å²) in [6.07, 6.45) is 0. The highest BCUT2D eigenvalue weighted by Gasteiger charge is 2.09. The van der Waals surface area contributed by atoms with Crippen LogP contribution in [0, 0.1) is 13.8 Å². The van der Waals surface area contributed by atoms with Crippen LogP contribution in [-0.4, -0.2) is 16.0 Å². The normalized spacial score (nSPS) is 13.7. The number of carbonyl (C=O) groups excluding carboxylic acids is 1. The molecule has 0 spiro atoms. The number of aryl methyl sites for hydroxylation is 2. The van der Waals surface area contributed by atoms with E-state index in [0.717, 1.165) is 0 Å². The van der Waals surface area contributed by atoms with Crippen LogP contribution < -0.4 is 10.8 Å². The third kappa shape index (κ3) is 0.903. The molecule has 1 aromatic rings. The van der Waals surface area contributed by atoms with Gasteiger partial charge in [-0.25, -0.2) is 14.8 Å². The van der Waals surface area contributed by atoms with Crippen LogP contribution >= 0.6 is 0 Å². The molecule has 5 heteroatoms. The van der Waals surface area contributed by atoms with Crippen LogP contribution in [0.25, 0.3) is 0 Å². The molecule has 0 fully saturated rings. The average Bonchev–Trinajstić information content (AvgIpc) is 2.29. The minimum absolute atomic E-state index is 0.394. The van der Waals surface area contributed by atoms with Crippen LogP contribution in [0.2, 0.25) is 0 Å². The van der Waals surface area contributed by atoms with E-state index in [9.17, 15) is 4.79 Å². The molecule has 1 aromatic heterocycles. The molecule has 12 heavy (non-hydrogen) atoms. The maximum Gasteiger partial charge on any atom is 0.369 e. The van der Waals surface area contributed by atoms with E-state index in [0.29, 0.717) is 22.4 Å². The van der Waals surface area contributed by atoms with Crippen LogP contribution in [-0.2, 0) is 0 Å². The second-order valence-electron chi connectivity index (χ2n) is 2.53. The zero-order valence-electron chi connectivity index (χ0n) is 6.70. The lowest BCUT2D eigenvalue weighted by Crippen LogP contribution is -2.30. The van der Waals surface area contributed by atoms with Crippen molar-refractivity contribution in [2.24, 2.45) is 9.98 Å². The molecule has 0 atom stereocenters. The Kier molecular flexibility index (Phi) is 1.27. The van der Waals surface area contributed by atoms with Gasteiger partial charge >= 0.3 is 6.03 Å². The van der Waals surface area contributed by atoms with E-state index >= 15 is 0 Å². The second-order valence-corrected chi connectivity index (χ2v) is 2.53. The van der Waals surface area contributed by atoms with E-state index in [-0.39, 0.29) is 0 Å². The molecule has 2 rings (SSSR count). The third-order valence-electron chi connectivity index (χ3n) is 1.56. The number of hydrogen-bond acceptors (Lipinski definition) is 3. The Morgan fingerprint density at radius 3 is 2.58 bits per heavy atom. The topological polar surface area (TPSA) is 67.6 Å². The second kappa shape index (κ2) is 2.17. The SMILES string of the molecule is Cc1nc(C)c2c(n1)=NC(=O)N=2. The van der Waals surface area contributed by atoms with E-state index in [1.807, 2.05) is 0 Å². The fraction of sp³-hybridized carbons (Fsp3) is 0.286. The molecule has 1 aliphatic heterocycles. The van der Waals surface area contributed by atoms with Gasteiger partial charge in [-0.15, -0.1) is 0 Å². The minimum atomic E-state index is -0.493. The maximum atomic E-state index is 10.8. The first-order valence-corrected chi connectivity index (χ1v) is 3.49. The number of nitrogens with zero attached hydrogens (tertiary/aromatic N) is 4. The average molecular weight is 162 g/mol. The fourth-order valence-electron chi connectivity index (χ4n) is 1.11. The molecule has 2 heterocycles. The van der Waals surface area contributed by atoms with Gasteiger partial charge in [0.2, 0.25) is 0 Å². The molecule has 0 saturated heterocycles. The summed E-state index contributed by atoms with van der Waals surface area (Å²) < 4.78 is 0. The van der Waals surface area contributed by atoms with Crippen molar-refractivity contribution < 1.29 is 4.79 Å². The van der Waals surface area contributed by atoms with Gasteiger partial charge in [-0.2, -0.15) is 9.98 Å². The van der Waals surface area contributed by atoms with Crippen molar-refractivity contribution >= 4 is 6.03 Å². The lowest BCUT2D eigenvalue weighted by molar-refractivity contribution is 0.256. The summed E-state index contributed by atoms with van der Waals surface area (Å²) in [5.41, 5.74) is 1.09. The zero-order chi connectivity index (χ0) is 8.72. The monoisotopic (exact) mass is 162 g/mol. The van der Waals surface area contributed by atoms with Crippen molar-refractivity contribution in [3.8, 4) is 0 Å². The van der Waals surface area contributed by atoms with Gasteiger partial charge < -0.3 is 0 Å². The Balaban J connectivity index is 2.95. The van der Waals surface area contributed by atoms with E-state index < -0.39 is 6.03 Å². The number of urea groups is 1. The maximum absolute atomic E-state index is 10.8. The molecular formula is C7H6N4O. The Morgan fingerprint density at radius 1 is 1.08 bits per heavy atom. The summed E-state index contributed by atoms with van der Waals surface area (Å²) in [6.45, 7) is 3.54. The quantitative estimate of drug-likeness (QED) is 0.514. The first kappa shape index (κ1) is 7.02. The number of amides is 2. The van der Waals surface area contributed by atoms with Gasteiger partial charge in [-0.05, 0) is 13.8 Å². The van der Waals surface area contributed by atoms with Gasteiger partial charge in [0.25, 0.3) is 0 Å². The predicted molar refractivity (Wildman–Crippen MR) is 39.2 cm³/mol. The summed E-state index contributed by atoms with van der Waals surface area (Å²) in [6, 6.07) is -0.493. The van der Waals surface area contributed by atoms with Crippen molar-refractivity contribution in [2.45, 2.75) is 13.8 Å². The van der Waals surface area contributed by atoms with Crippen molar-refractivity contribution in [1.29, 1.82) is 0 Å². The van der Waals surface area contributed by atoms with Crippen LogP contribution in [0.1, 0.15) is 11.5 Å². The van der Waals surface area contributed by atoms with E-state index in [1.54, 1.807) is 13.8 Å². The molecule has 0 unspecified atom stereocenters. The summed E-state index contributed by atoms with van der Waals surface area (Å²) in [5, 5.41) is 0.505. The largest absolute Gasteiger partial charge is 0.369 e. The minimum Gasteiger partial charge on any atom is -0.244 e. The Morgan fingerprint density at radius 2 is 1.83 bits per heavy atom. The third-order valence-corrected chi connectivity index (χ3v) is 1.56. The molecule has 0 saturated carbocycles. The number of fused-ring (bicyclic) bond motifs is 1. The van der Waals surface area contributed by atoms with Gasteiger partial charge in [0.1, 0.15) is 11.2 Å². The molecule has 1 aliphatic rings. The van der Waals surface area contributed by atoms with Crippen molar-refractivity contribution in [3.63, 3.8) is 0 Å². The first-order valence-electron chi connectivity index (χ1n) is 3.49. The van der Waals surface area contributed by atoms with E-state index in [4.69, 9.17) is 0 Å². The standard InChI is InChI=1S/C7H6N4O/c1-3-5-6(9-4(2)8-3)11-7(12)10-5/h1-2H3. The summed E-state index contributed by atoms with van der Waals surface area (Å²) in [4.78, 5) is 26.1. The molecule has 0 aromatic carbocycles. The van der Waals surface area contributed by atoms with Crippen LogP contribution in [0.4, 0.5) is 4.79 Å². The highest BCUT2D eigenvalue weighted by atomic mass is 16.2. The Bertz CT molecular complexity index is 477. The summed E-state index contributed by atoms with van der Waals surface area (Å²) in [7, 11) is 0. The van der Waals surface area contributed by atoms with Crippen LogP contribution in [0.5, 0.6) is 0 Å². The Hall–Kier alpha value is -1.65. The van der Waals surface area contributed by atoms with Crippen molar-refractivity contribution in [2.75, 3.05) is 0 Å². The zero-order valence-corrected chi connectivity index (χ0v) is 6.70. The summed E-state index contributed by atoms with van der Waals surface area (Å²) in [5.74, 6) is 0.611. The van der Waals surface area contributed by atoms with Gasteiger partial charge in [-0.1, -0.05) is 0 Å². The van der Waals surface area contributed by atoms with Gasteiger partial charge in [0.05, 0.1) is 5.69 Å². The smallest absolute Gasteiger partial charge is 0.244 e. The molecular weight excluding hydrogens is 156 g/mol. The lowest BCUT2D eigenvalue weighted by atomic mass is 10.4. The highest BCUT2D eigenvalue weighted by molar-refractivity contribution is 5.77. The van der Waals surface area contributed by atoms with Crippen LogP contribution in [0.15, 0.2) is 9.98 Å². The van der Waals surface area contributed by atoms with E-state index in [1.165, 1.54) is 0 Å². The summed E-state index contributed by atoms with van der Waals surface area (Å²) >= 11 is 0. The Labute approximate surface area is 67.9 Å². The molecule has 60 valence electrons. The predicted octanol–water partition coefficient (Wildman–Crippen LogP) is -0.534. The van der Waals surface area contributed by atoms with Crippen LogP contribution in [0.3, 0.4) is 0 Å². The molecule has 0 aliphatic carbocycles. The van der Waals surface area contributed by atoms with Gasteiger partial charge in [-0.3, -0.25) is 0 Å². The molecule has 5 nitrogen and oxygen atoms in total. The molecule has 0 radical (unpaired) electrons. The van der Waals surface area contributed by atoms with Crippen molar-refractivity contribution in [3.05, 3.63) is 22.4 Å². The number of aromatic nitrogens is 2. The lowest BCUT2D eigenvalue weighted by Gasteiger charge is -1.91. The fourth-order valence-corrected chi connectivity index (χ4v) is 1.11. The number of rotatable bonds is 0. The van der Waals surface area contributed by atoms with Gasteiger partial charge in [0, 0.05) is 0 Å². The highest BCUT2D eigenvalue weighted by Crippen LogP contribution is 1.87. The van der Waals surface area contributed by atoms with Crippen molar-refractivity contribution in [1.82, 2.24) is 9.97 Å². The van der Waals surface area contributed by atoms with E-state index in [2.05, 4.69) is 20.0 Å². The first-order chi connectivity index (χ1) is 5.66. The number of carbonyl (C=O) groups is 1. The van der Waals surface area contributed by atoms with Gasteiger partial charge in [0.15, 0.2) is 5.49 Å².